The van der Waals surface area contributed by atoms with E-state index in [0.29, 0.717) is 24.4 Å². The van der Waals surface area contributed by atoms with E-state index in [-0.39, 0.29) is 17.8 Å². The molecule has 0 N–H and O–H groups in total. The number of halogens is 1. The molecule has 1 amide bonds. The molecule has 5 nitrogen and oxygen atoms in total. The number of rotatable bonds is 4. The number of aromatic nitrogens is 1. The van der Waals surface area contributed by atoms with Crippen LogP contribution in [0.5, 0.6) is 0 Å². The molecule has 2 aliphatic heterocycles. The molecule has 2 aromatic heterocycles. The van der Waals surface area contributed by atoms with E-state index in [1.807, 2.05) is 36.2 Å². The molecule has 3 aromatic rings. The van der Waals surface area contributed by atoms with E-state index in [1.54, 1.807) is 18.3 Å². The summed E-state index contributed by atoms with van der Waals surface area (Å²) < 4.78 is 19.6. The summed E-state index contributed by atoms with van der Waals surface area (Å²) in [5, 5.41) is 0. The predicted octanol–water partition coefficient (Wildman–Crippen LogP) is 4.66. The van der Waals surface area contributed by atoms with Crippen molar-refractivity contribution in [2.45, 2.75) is 45.3 Å². The van der Waals surface area contributed by atoms with Gasteiger partial charge in [0.2, 0.25) is 0 Å². The minimum Gasteiger partial charge on any atom is -0.465 e. The lowest BCUT2D eigenvalue weighted by molar-refractivity contribution is 0.0731. The van der Waals surface area contributed by atoms with Gasteiger partial charge in [-0.15, -0.1) is 0 Å². The Morgan fingerprint density at radius 1 is 1.26 bits per heavy atom. The minimum atomic E-state index is -0.222. The summed E-state index contributed by atoms with van der Waals surface area (Å²) >= 11 is 0. The second kappa shape index (κ2) is 8.27. The van der Waals surface area contributed by atoms with Crippen molar-refractivity contribution in [3.63, 3.8) is 0 Å². The molecule has 1 atom stereocenters. The number of hydrogen-bond acceptors (Lipinski definition) is 4. The zero-order valence-electron chi connectivity index (χ0n) is 17.7. The van der Waals surface area contributed by atoms with Crippen molar-refractivity contribution in [2.75, 3.05) is 13.1 Å². The van der Waals surface area contributed by atoms with Crippen LogP contribution in [0.15, 0.2) is 53.2 Å². The van der Waals surface area contributed by atoms with Gasteiger partial charge in [-0.05, 0) is 49.1 Å². The monoisotopic (exact) mass is 419 g/mol. The highest BCUT2D eigenvalue weighted by atomic mass is 19.1. The highest BCUT2D eigenvalue weighted by molar-refractivity contribution is 5.97. The van der Waals surface area contributed by atoms with Crippen LogP contribution in [0.1, 0.15) is 57.5 Å². The van der Waals surface area contributed by atoms with Gasteiger partial charge in [-0.2, -0.15) is 0 Å². The molecule has 0 aliphatic carbocycles. The lowest BCUT2D eigenvalue weighted by Crippen LogP contribution is -2.34. The number of carbonyl (C=O) groups is 1. The van der Waals surface area contributed by atoms with E-state index in [1.165, 1.54) is 6.07 Å². The molecule has 160 valence electrons. The summed E-state index contributed by atoms with van der Waals surface area (Å²) in [7, 11) is 0. The van der Waals surface area contributed by atoms with Gasteiger partial charge in [0.05, 0.1) is 11.6 Å². The Morgan fingerprint density at radius 2 is 2.16 bits per heavy atom. The highest BCUT2D eigenvalue weighted by Gasteiger charge is 2.36. The van der Waals surface area contributed by atoms with Gasteiger partial charge < -0.3 is 9.32 Å². The number of amides is 1. The smallest absolute Gasteiger partial charge is 0.258 e. The SMILES string of the molecule is Cc1oc2c(c1C(=O)N1CCCC1c1cccnc1)CN(Cc1cccc(F)c1)CC2. The number of likely N-dealkylation sites (tertiary alicyclic amines) is 1. The third-order valence-electron chi connectivity index (χ3n) is 6.40. The number of pyridine rings is 1. The van der Waals surface area contributed by atoms with Crippen molar-refractivity contribution >= 4 is 5.91 Å². The zero-order valence-corrected chi connectivity index (χ0v) is 17.7. The molecular weight excluding hydrogens is 393 g/mol. The Labute approximate surface area is 181 Å². The fourth-order valence-electron chi connectivity index (χ4n) is 4.96. The van der Waals surface area contributed by atoms with Gasteiger partial charge in [-0.3, -0.25) is 14.7 Å². The fourth-order valence-corrected chi connectivity index (χ4v) is 4.96. The number of benzene rings is 1. The summed E-state index contributed by atoms with van der Waals surface area (Å²) in [5.74, 6) is 1.43. The molecule has 0 saturated carbocycles. The molecule has 4 heterocycles. The quantitative estimate of drug-likeness (QED) is 0.617. The maximum atomic E-state index is 13.7. The summed E-state index contributed by atoms with van der Waals surface area (Å²) in [6, 6.07) is 10.7. The van der Waals surface area contributed by atoms with Crippen LogP contribution in [0, 0.1) is 12.7 Å². The first-order chi connectivity index (χ1) is 15.1. The predicted molar refractivity (Wildman–Crippen MR) is 115 cm³/mol. The Bertz CT molecular complexity index is 1100. The van der Waals surface area contributed by atoms with Gasteiger partial charge in [0, 0.05) is 50.6 Å². The molecule has 0 bridgehead atoms. The van der Waals surface area contributed by atoms with Gasteiger partial charge in [-0.25, -0.2) is 4.39 Å². The number of fused-ring (bicyclic) bond motifs is 1. The molecule has 31 heavy (non-hydrogen) atoms. The number of hydrogen-bond donors (Lipinski definition) is 0. The van der Waals surface area contributed by atoms with Gasteiger partial charge in [-0.1, -0.05) is 18.2 Å². The number of furan rings is 1. The van der Waals surface area contributed by atoms with Crippen LogP contribution in [0.4, 0.5) is 4.39 Å². The van der Waals surface area contributed by atoms with Crippen LogP contribution in [-0.4, -0.2) is 33.8 Å². The van der Waals surface area contributed by atoms with E-state index in [2.05, 4.69) is 9.88 Å². The van der Waals surface area contributed by atoms with Crippen molar-refractivity contribution in [2.24, 2.45) is 0 Å². The summed E-state index contributed by atoms with van der Waals surface area (Å²) in [6.45, 7) is 4.74. The Kier molecular flexibility index (Phi) is 5.32. The number of carbonyl (C=O) groups excluding carboxylic acids is 1. The number of nitrogens with zero attached hydrogens (tertiary/aromatic N) is 3. The average molecular weight is 420 g/mol. The lowest BCUT2D eigenvalue weighted by atomic mass is 10.00. The van der Waals surface area contributed by atoms with Crippen LogP contribution in [0.3, 0.4) is 0 Å². The fraction of sp³-hybridized carbons (Fsp3) is 0.360. The normalized spacial score (nSPS) is 18.9. The maximum Gasteiger partial charge on any atom is 0.258 e. The number of aryl methyl sites for hydroxylation is 1. The van der Waals surface area contributed by atoms with Crippen LogP contribution in [-0.2, 0) is 19.5 Å². The van der Waals surface area contributed by atoms with Crippen molar-refractivity contribution in [1.29, 1.82) is 0 Å². The van der Waals surface area contributed by atoms with Gasteiger partial charge in [0.1, 0.15) is 17.3 Å². The van der Waals surface area contributed by atoms with Crippen molar-refractivity contribution in [3.05, 3.63) is 88.4 Å². The zero-order chi connectivity index (χ0) is 21.4. The summed E-state index contributed by atoms with van der Waals surface area (Å²) in [6.07, 6.45) is 6.30. The molecule has 1 aromatic carbocycles. The van der Waals surface area contributed by atoms with E-state index in [0.717, 1.165) is 54.8 Å². The minimum absolute atomic E-state index is 0.0430. The molecule has 1 saturated heterocycles. The first kappa shape index (κ1) is 19.9. The van der Waals surface area contributed by atoms with Gasteiger partial charge in [0.25, 0.3) is 5.91 Å². The van der Waals surface area contributed by atoms with Crippen LogP contribution in [0.25, 0.3) is 0 Å². The van der Waals surface area contributed by atoms with Crippen LogP contribution >= 0.6 is 0 Å². The first-order valence-corrected chi connectivity index (χ1v) is 10.9. The molecule has 0 radical (unpaired) electrons. The largest absolute Gasteiger partial charge is 0.465 e. The van der Waals surface area contributed by atoms with Crippen molar-refractivity contribution in [1.82, 2.24) is 14.8 Å². The average Bonchev–Trinajstić information content (AvgIpc) is 3.38. The maximum absolute atomic E-state index is 13.7. The van der Waals surface area contributed by atoms with Gasteiger partial charge in [0.15, 0.2) is 0 Å². The first-order valence-electron chi connectivity index (χ1n) is 10.9. The molecule has 2 aliphatic rings. The Balaban J connectivity index is 1.40. The third-order valence-corrected chi connectivity index (χ3v) is 6.40. The topological polar surface area (TPSA) is 49.6 Å². The van der Waals surface area contributed by atoms with Crippen molar-refractivity contribution in [3.8, 4) is 0 Å². The standard InChI is InChI=1S/C25H26FN3O2/c1-17-24(25(30)29-11-4-8-22(29)19-6-3-10-27-14-19)21-16-28(12-9-23(21)31-17)15-18-5-2-7-20(26)13-18/h2-3,5-7,10,13-14,22H,4,8-9,11-12,15-16H2,1H3. The van der Waals surface area contributed by atoms with E-state index >= 15 is 0 Å². The third kappa shape index (κ3) is 3.88. The Morgan fingerprint density at radius 3 is 2.97 bits per heavy atom. The molecule has 6 heteroatoms. The molecule has 1 fully saturated rings. The van der Waals surface area contributed by atoms with Crippen LogP contribution in [0.2, 0.25) is 0 Å². The highest BCUT2D eigenvalue weighted by Crippen LogP contribution is 2.36. The summed E-state index contributed by atoms with van der Waals surface area (Å²) in [5.41, 5.74) is 3.71. The second-order valence-corrected chi connectivity index (χ2v) is 8.47. The van der Waals surface area contributed by atoms with E-state index in [9.17, 15) is 9.18 Å². The molecule has 0 spiro atoms. The van der Waals surface area contributed by atoms with E-state index < -0.39 is 0 Å². The van der Waals surface area contributed by atoms with E-state index in [4.69, 9.17) is 4.42 Å². The lowest BCUT2D eigenvalue weighted by Gasteiger charge is -2.28. The Hall–Kier alpha value is -2.99. The summed E-state index contributed by atoms with van der Waals surface area (Å²) in [4.78, 5) is 22.1. The molecular formula is C25H26FN3O2. The van der Waals surface area contributed by atoms with Gasteiger partial charge >= 0.3 is 0 Å². The van der Waals surface area contributed by atoms with Crippen LogP contribution < -0.4 is 0 Å². The van der Waals surface area contributed by atoms with Crippen molar-refractivity contribution < 1.29 is 13.6 Å². The molecule has 5 rings (SSSR count). The second-order valence-electron chi connectivity index (χ2n) is 8.47. The molecule has 1 unspecified atom stereocenters.